The van der Waals surface area contributed by atoms with E-state index in [4.69, 9.17) is 7.85 Å². The smallest absolute Gasteiger partial charge is 0.0889 e. The molecule has 0 atom stereocenters. The summed E-state index contributed by atoms with van der Waals surface area (Å²) in [6.45, 7) is 0. The van der Waals surface area contributed by atoms with Crippen LogP contribution in [0.5, 0.6) is 0 Å². The Labute approximate surface area is 183 Å². The molecule has 1 heteroatoms. The van der Waals surface area contributed by atoms with Crippen LogP contribution in [-0.2, 0) is 0 Å². The molecule has 0 aliphatic heterocycles. The average Bonchev–Trinajstić information content (AvgIpc) is 2.83. The molecule has 0 heterocycles. The summed E-state index contributed by atoms with van der Waals surface area (Å²) in [4.78, 5) is 0. The highest BCUT2D eigenvalue weighted by Crippen LogP contribution is 2.36. The van der Waals surface area contributed by atoms with E-state index in [0.29, 0.717) is 0 Å². The first kappa shape index (κ1) is 18.0. The maximum absolute atomic E-state index is 6.40. The molecule has 0 saturated carbocycles. The monoisotopic (exact) mass is 390 g/mol. The molecule has 0 aromatic heterocycles. The van der Waals surface area contributed by atoms with Crippen LogP contribution in [-0.4, -0.2) is 7.85 Å². The number of hydrogen-bond donors (Lipinski definition) is 0. The van der Waals surface area contributed by atoms with Crippen molar-refractivity contribution < 1.29 is 0 Å². The van der Waals surface area contributed by atoms with Gasteiger partial charge in [0.2, 0.25) is 0 Å². The lowest BCUT2D eigenvalue weighted by atomic mass is 9.84. The van der Waals surface area contributed by atoms with Gasteiger partial charge in [-0.1, -0.05) is 115 Å². The molecular formula is C30H19B. The van der Waals surface area contributed by atoms with E-state index in [1.807, 2.05) is 6.07 Å². The van der Waals surface area contributed by atoms with Gasteiger partial charge in [0, 0.05) is 0 Å². The average molecular weight is 390 g/mol. The summed E-state index contributed by atoms with van der Waals surface area (Å²) in [5.41, 5.74) is 5.70. The van der Waals surface area contributed by atoms with E-state index < -0.39 is 0 Å². The third-order valence-corrected chi connectivity index (χ3v) is 6.23. The Bertz CT molecular complexity index is 1580. The predicted molar refractivity (Wildman–Crippen MR) is 135 cm³/mol. The number of hydrogen-bond acceptors (Lipinski definition) is 0. The summed E-state index contributed by atoms with van der Waals surface area (Å²) < 4.78 is 0. The predicted octanol–water partition coefficient (Wildman–Crippen LogP) is 7.27. The molecule has 0 N–H and O–H groups in total. The van der Waals surface area contributed by atoms with Crippen LogP contribution in [0.3, 0.4) is 0 Å². The van der Waals surface area contributed by atoms with Crippen molar-refractivity contribution in [3.63, 3.8) is 0 Å². The Kier molecular flexibility index (Phi) is 4.14. The van der Waals surface area contributed by atoms with Crippen molar-refractivity contribution in [2.75, 3.05) is 0 Å². The van der Waals surface area contributed by atoms with Gasteiger partial charge in [0.15, 0.2) is 0 Å². The molecular weight excluding hydrogens is 371 g/mol. The van der Waals surface area contributed by atoms with Gasteiger partial charge in [-0.2, -0.15) is 0 Å². The van der Waals surface area contributed by atoms with Gasteiger partial charge in [0.1, 0.15) is 7.85 Å². The maximum atomic E-state index is 6.40. The lowest BCUT2D eigenvalue weighted by molar-refractivity contribution is 1.67. The molecule has 31 heavy (non-hydrogen) atoms. The molecule has 0 spiro atoms. The first-order chi connectivity index (χ1) is 15.3. The van der Waals surface area contributed by atoms with Gasteiger partial charge < -0.3 is 0 Å². The molecule has 6 aromatic rings. The molecule has 6 rings (SSSR count). The van der Waals surface area contributed by atoms with Crippen molar-refractivity contribution in [1.82, 2.24) is 0 Å². The van der Waals surface area contributed by atoms with Crippen LogP contribution in [0.1, 0.15) is 0 Å². The molecule has 142 valence electrons. The van der Waals surface area contributed by atoms with Crippen molar-refractivity contribution in [2.45, 2.75) is 0 Å². The van der Waals surface area contributed by atoms with Gasteiger partial charge in [0.25, 0.3) is 0 Å². The van der Waals surface area contributed by atoms with Crippen LogP contribution in [0.15, 0.2) is 115 Å². The largest absolute Gasteiger partial charge is 0.114 e. The van der Waals surface area contributed by atoms with E-state index in [0.717, 1.165) is 10.8 Å². The Hall–Kier alpha value is -3.84. The third kappa shape index (κ3) is 2.93. The zero-order valence-electron chi connectivity index (χ0n) is 17.0. The van der Waals surface area contributed by atoms with E-state index in [2.05, 4.69) is 109 Å². The van der Waals surface area contributed by atoms with Crippen LogP contribution in [0.25, 0.3) is 54.6 Å². The second-order valence-corrected chi connectivity index (χ2v) is 8.02. The lowest BCUT2D eigenvalue weighted by Crippen LogP contribution is -2.04. The minimum Gasteiger partial charge on any atom is -0.0889 e. The fraction of sp³-hybridized carbons (Fsp3) is 0. The van der Waals surface area contributed by atoms with E-state index in [-0.39, 0.29) is 0 Å². The zero-order chi connectivity index (χ0) is 20.8. The normalized spacial score (nSPS) is 11.4. The number of fused-ring (bicyclic) bond motifs is 3. The molecule has 0 unspecified atom stereocenters. The van der Waals surface area contributed by atoms with Crippen molar-refractivity contribution in [2.24, 2.45) is 0 Å². The van der Waals surface area contributed by atoms with Gasteiger partial charge >= 0.3 is 0 Å². The summed E-state index contributed by atoms with van der Waals surface area (Å²) >= 11 is 0. The molecule has 0 saturated heterocycles. The van der Waals surface area contributed by atoms with Gasteiger partial charge in [-0.3, -0.25) is 0 Å². The highest BCUT2D eigenvalue weighted by molar-refractivity contribution is 6.39. The maximum Gasteiger partial charge on any atom is 0.114 e. The Balaban J connectivity index is 1.66. The minimum atomic E-state index is 0.809. The van der Waals surface area contributed by atoms with Crippen molar-refractivity contribution in [3.8, 4) is 22.3 Å². The van der Waals surface area contributed by atoms with E-state index in [9.17, 15) is 0 Å². The van der Waals surface area contributed by atoms with Crippen LogP contribution in [0.4, 0.5) is 0 Å². The highest BCUT2D eigenvalue weighted by Gasteiger charge is 2.11. The summed E-state index contributed by atoms with van der Waals surface area (Å²) in [5.74, 6) is 0. The molecule has 0 aliphatic carbocycles. The molecule has 2 radical (unpaired) electrons. The molecule has 0 aliphatic rings. The summed E-state index contributed by atoms with van der Waals surface area (Å²) in [7, 11) is 6.40. The van der Waals surface area contributed by atoms with E-state index in [1.54, 1.807) is 0 Å². The Morgan fingerprint density at radius 3 is 1.71 bits per heavy atom. The Morgan fingerprint density at radius 1 is 0.387 bits per heavy atom. The highest BCUT2D eigenvalue weighted by atomic mass is 14.1. The van der Waals surface area contributed by atoms with Crippen LogP contribution in [0.2, 0.25) is 0 Å². The van der Waals surface area contributed by atoms with Crippen LogP contribution in [0, 0.1) is 0 Å². The lowest BCUT2D eigenvalue weighted by Gasteiger charge is -2.14. The molecule has 0 nitrogen and oxygen atoms in total. The zero-order valence-corrected chi connectivity index (χ0v) is 17.0. The molecule has 6 aromatic carbocycles. The van der Waals surface area contributed by atoms with E-state index >= 15 is 0 Å². The van der Waals surface area contributed by atoms with Gasteiger partial charge in [-0.15, -0.1) is 0 Å². The summed E-state index contributed by atoms with van der Waals surface area (Å²) in [5, 5.41) is 7.29. The molecule has 0 bridgehead atoms. The second kappa shape index (κ2) is 7.14. The van der Waals surface area contributed by atoms with Crippen LogP contribution < -0.4 is 5.46 Å². The first-order valence-corrected chi connectivity index (χ1v) is 10.6. The second-order valence-electron chi connectivity index (χ2n) is 8.02. The van der Waals surface area contributed by atoms with Crippen molar-refractivity contribution in [1.29, 1.82) is 0 Å². The van der Waals surface area contributed by atoms with E-state index in [1.165, 1.54) is 49.2 Å². The van der Waals surface area contributed by atoms with Gasteiger partial charge in [0.05, 0.1) is 0 Å². The molecule has 0 amide bonds. The quantitative estimate of drug-likeness (QED) is 0.273. The van der Waals surface area contributed by atoms with Gasteiger partial charge in [-0.05, 0) is 60.6 Å². The SMILES string of the molecule is [B]c1ccc(-c2cccc3ccccc23)c2cc(-c3cccc4ccccc34)ccc12. The number of benzene rings is 6. The topological polar surface area (TPSA) is 0 Å². The number of rotatable bonds is 2. The fourth-order valence-electron chi connectivity index (χ4n) is 4.71. The first-order valence-electron chi connectivity index (χ1n) is 10.6. The summed E-state index contributed by atoms with van der Waals surface area (Å²) in [6.07, 6.45) is 0. The standard InChI is InChI=1S/C30H19B/c31-30-18-17-27(26-14-6-10-21-8-2-4-12-24(21)26)29-19-22(15-16-28(29)30)25-13-5-9-20-7-1-3-11-23(20)25/h1-19H. The van der Waals surface area contributed by atoms with Crippen molar-refractivity contribution >= 4 is 45.6 Å². The van der Waals surface area contributed by atoms with Crippen molar-refractivity contribution in [3.05, 3.63) is 115 Å². The van der Waals surface area contributed by atoms with Gasteiger partial charge in [-0.25, -0.2) is 0 Å². The summed E-state index contributed by atoms with van der Waals surface area (Å²) in [6, 6.07) is 40.9. The minimum absolute atomic E-state index is 0.809. The van der Waals surface area contributed by atoms with Crippen LogP contribution >= 0.6 is 0 Å². The third-order valence-electron chi connectivity index (χ3n) is 6.23. The fourth-order valence-corrected chi connectivity index (χ4v) is 4.71. The Morgan fingerprint density at radius 2 is 0.968 bits per heavy atom. The molecule has 0 fully saturated rings.